The molecule has 0 saturated carbocycles. The zero-order valence-electron chi connectivity index (χ0n) is 13.2. The van der Waals surface area contributed by atoms with Crippen LogP contribution in [0.3, 0.4) is 0 Å². The molecule has 1 amide bonds. The summed E-state index contributed by atoms with van der Waals surface area (Å²) in [5.41, 5.74) is 2.94. The monoisotopic (exact) mass is 297 g/mol. The molecule has 116 valence electrons. The third-order valence-electron chi connectivity index (χ3n) is 3.56. The van der Waals surface area contributed by atoms with E-state index < -0.39 is 0 Å². The molecule has 0 aliphatic rings. The number of nitrogens with one attached hydrogen (secondary N) is 2. The average molecular weight is 297 g/mol. The second-order valence-corrected chi connectivity index (χ2v) is 5.32. The molecular formula is C18H23N3O. The Kier molecular flexibility index (Phi) is 5.95. The van der Waals surface area contributed by atoms with E-state index in [2.05, 4.69) is 22.5 Å². The molecule has 4 nitrogen and oxygen atoms in total. The smallest absolute Gasteiger partial charge is 0.251 e. The second-order valence-electron chi connectivity index (χ2n) is 5.32. The molecule has 0 radical (unpaired) electrons. The Labute approximate surface area is 132 Å². The van der Waals surface area contributed by atoms with E-state index in [0.29, 0.717) is 12.1 Å². The fourth-order valence-electron chi connectivity index (χ4n) is 2.15. The van der Waals surface area contributed by atoms with Crippen molar-refractivity contribution in [1.29, 1.82) is 0 Å². The first-order valence-corrected chi connectivity index (χ1v) is 7.73. The predicted octanol–water partition coefficient (Wildman–Crippen LogP) is 3.53. The van der Waals surface area contributed by atoms with Gasteiger partial charge >= 0.3 is 0 Å². The summed E-state index contributed by atoms with van der Waals surface area (Å²) in [5.74, 6) is 0.668. The molecule has 22 heavy (non-hydrogen) atoms. The standard InChI is InChI=1S/C18H23N3O/c1-3-4-10-19-17-12-15(9-11-20-17)18(22)21-13-16-8-6-5-7-14(16)2/h5-9,11-12H,3-4,10,13H2,1-2H3,(H,19,20)(H,21,22). The molecule has 2 aromatic rings. The van der Waals surface area contributed by atoms with E-state index in [0.717, 1.165) is 30.8 Å². The highest BCUT2D eigenvalue weighted by molar-refractivity contribution is 5.94. The number of amides is 1. The van der Waals surface area contributed by atoms with Gasteiger partial charge in [0.05, 0.1) is 0 Å². The largest absolute Gasteiger partial charge is 0.370 e. The van der Waals surface area contributed by atoms with Crippen molar-refractivity contribution >= 4 is 11.7 Å². The summed E-state index contributed by atoms with van der Waals surface area (Å²) in [6, 6.07) is 11.6. The topological polar surface area (TPSA) is 54.0 Å². The first kappa shape index (κ1) is 16.0. The number of pyridine rings is 1. The lowest BCUT2D eigenvalue weighted by Crippen LogP contribution is -2.23. The van der Waals surface area contributed by atoms with Crippen LogP contribution in [0.1, 0.15) is 41.3 Å². The van der Waals surface area contributed by atoms with Crippen molar-refractivity contribution in [3.05, 3.63) is 59.3 Å². The molecule has 0 aliphatic carbocycles. The molecule has 0 spiro atoms. The van der Waals surface area contributed by atoms with Gasteiger partial charge in [-0.2, -0.15) is 0 Å². The second kappa shape index (κ2) is 8.17. The van der Waals surface area contributed by atoms with Crippen LogP contribution >= 0.6 is 0 Å². The molecule has 0 atom stereocenters. The number of hydrogen-bond acceptors (Lipinski definition) is 3. The Bertz CT molecular complexity index is 625. The van der Waals surface area contributed by atoms with Crippen molar-refractivity contribution in [2.75, 3.05) is 11.9 Å². The van der Waals surface area contributed by atoms with Crippen molar-refractivity contribution < 1.29 is 4.79 Å². The zero-order valence-corrected chi connectivity index (χ0v) is 13.2. The molecule has 0 aliphatic heterocycles. The Balaban J connectivity index is 1.95. The maximum absolute atomic E-state index is 12.2. The lowest BCUT2D eigenvalue weighted by atomic mass is 10.1. The number of rotatable bonds is 7. The number of unbranched alkanes of at least 4 members (excludes halogenated alkanes) is 1. The SMILES string of the molecule is CCCCNc1cc(C(=O)NCc2ccccc2C)ccn1. The molecule has 1 aromatic heterocycles. The van der Waals surface area contributed by atoms with Crippen LogP contribution in [-0.4, -0.2) is 17.4 Å². The first-order chi connectivity index (χ1) is 10.7. The van der Waals surface area contributed by atoms with Gasteiger partial charge in [-0.05, 0) is 36.6 Å². The van der Waals surface area contributed by atoms with Gasteiger partial charge in [-0.1, -0.05) is 37.6 Å². The highest BCUT2D eigenvalue weighted by atomic mass is 16.1. The molecule has 2 N–H and O–H groups in total. The van der Waals surface area contributed by atoms with Crippen molar-refractivity contribution in [3.8, 4) is 0 Å². The number of carbonyl (C=O) groups is 1. The Hall–Kier alpha value is -2.36. The number of carbonyl (C=O) groups excluding carboxylic acids is 1. The fraction of sp³-hybridized carbons (Fsp3) is 0.333. The molecular weight excluding hydrogens is 274 g/mol. The molecule has 0 fully saturated rings. The number of hydrogen-bond donors (Lipinski definition) is 2. The predicted molar refractivity (Wildman–Crippen MR) is 90.0 cm³/mol. The molecule has 0 saturated heterocycles. The zero-order chi connectivity index (χ0) is 15.8. The summed E-state index contributed by atoms with van der Waals surface area (Å²) in [6.45, 7) is 5.60. The summed E-state index contributed by atoms with van der Waals surface area (Å²) in [6.07, 6.45) is 3.88. The van der Waals surface area contributed by atoms with Gasteiger partial charge in [-0.25, -0.2) is 4.98 Å². The number of aryl methyl sites for hydroxylation is 1. The third kappa shape index (κ3) is 4.58. The van der Waals surface area contributed by atoms with Crippen molar-refractivity contribution in [2.24, 2.45) is 0 Å². The van der Waals surface area contributed by atoms with E-state index in [1.807, 2.05) is 31.2 Å². The lowest BCUT2D eigenvalue weighted by Gasteiger charge is -2.09. The number of benzene rings is 1. The minimum absolute atomic E-state index is 0.0794. The highest BCUT2D eigenvalue weighted by Crippen LogP contribution is 2.09. The molecule has 0 bridgehead atoms. The van der Waals surface area contributed by atoms with Gasteiger partial charge in [-0.3, -0.25) is 4.79 Å². The van der Waals surface area contributed by atoms with Crippen LogP contribution in [0, 0.1) is 6.92 Å². The molecule has 0 unspecified atom stereocenters. The van der Waals surface area contributed by atoms with Crippen molar-refractivity contribution in [3.63, 3.8) is 0 Å². The lowest BCUT2D eigenvalue weighted by molar-refractivity contribution is 0.0951. The van der Waals surface area contributed by atoms with Gasteiger partial charge in [0.2, 0.25) is 0 Å². The molecule has 1 aromatic carbocycles. The first-order valence-electron chi connectivity index (χ1n) is 7.73. The van der Waals surface area contributed by atoms with E-state index in [-0.39, 0.29) is 5.91 Å². The maximum atomic E-state index is 12.2. The van der Waals surface area contributed by atoms with Crippen molar-refractivity contribution in [1.82, 2.24) is 10.3 Å². The van der Waals surface area contributed by atoms with E-state index >= 15 is 0 Å². The fourth-order valence-corrected chi connectivity index (χ4v) is 2.15. The third-order valence-corrected chi connectivity index (χ3v) is 3.56. The van der Waals surface area contributed by atoms with Crippen LogP contribution in [0.15, 0.2) is 42.6 Å². The van der Waals surface area contributed by atoms with E-state index in [4.69, 9.17) is 0 Å². The van der Waals surface area contributed by atoms with Crippen LogP contribution in [0.5, 0.6) is 0 Å². The van der Waals surface area contributed by atoms with Crippen LogP contribution < -0.4 is 10.6 Å². The number of anilines is 1. The normalized spacial score (nSPS) is 10.3. The number of aromatic nitrogens is 1. The van der Waals surface area contributed by atoms with Gasteiger partial charge < -0.3 is 10.6 Å². The summed E-state index contributed by atoms with van der Waals surface area (Å²) < 4.78 is 0. The van der Waals surface area contributed by atoms with Gasteiger partial charge in [0.15, 0.2) is 0 Å². The Morgan fingerprint density at radius 3 is 2.82 bits per heavy atom. The molecule has 4 heteroatoms. The highest BCUT2D eigenvalue weighted by Gasteiger charge is 2.07. The van der Waals surface area contributed by atoms with Gasteiger partial charge in [0.1, 0.15) is 5.82 Å². The average Bonchev–Trinajstić information content (AvgIpc) is 2.54. The summed E-state index contributed by atoms with van der Waals surface area (Å²) in [4.78, 5) is 16.5. The van der Waals surface area contributed by atoms with Crippen molar-refractivity contribution in [2.45, 2.75) is 33.2 Å². The van der Waals surface area contributed by atoms with E-state index in [1.54, 1.807) is 18.3 Å². The molecule has 2 rings (SSSR count). The van der Waals surface area contributed by atoms with Crippen LogP contribution in [0.25, 0.3) is 0 Å². The van der Waals surface area contributed by atoms with Crippen LogP contribution in [-0.2, 0) is 6.54 Å². The van der Waals surface area contributed by atoms with Gasteiger partial charge in [-0.15, -0.1) is 0 Å². The maximum Gasteiger partial charge on any atom is 0.251 e. The Morgan fingerprint density at radius 2 is 2.05 bits per heavy atom. The summed E-state index contributed by atoms with van der Waals surface area (Å²) in [5, 5.41) is 6.19. The van der Waals surface area contributed by atoms with Crippen LogP contribution in [0.4, 0.5) is 5.82 Å². The number of nitrogens with zero attached hydrogens (tertiary/aromatic N) is 1. The van der Waals surface area contributed by atoms with E-state index in [1.165, 1.54) is 5.56 Å². The summed E-state index contributed by atoms with van der Waals surface area (Å²) >= 11 is 0. The summed E-state index contributed by atoms with van der Waals surface area (Å²) in [7, 11) is 0. The van der Waals surface area contributed by atoms with Gasteiger partial charge in [0, 0.05) is 24.8 Å². The molecule has 1 heterocycles. The Morgan fingerprint density at radius 1 is 1.23 bits per heavy atom. The van der Waals surface area contributed by atoms with E-state index in [9.17, 15) is 4.79 Å². The quantitative estimate of drug-likeness (QED) is 0.769. The van der Waals surface area contributed by atoms with Crippen LogP contribution in [0.2, 0.25) is 0 Å². The van der Waals surface area contributed by atoms with Gasteiger partial charge in [0.25, 0.3) is 5.91 Å². The minimum atomic E-state index is -0.0794. The minimum Gasteiger partial charge on any atom is -0.370 e.